The predicted molar refractivity (Wildman–Crippen MR) is 95.5 cm³/mol. The Morgan fingerprint density at radius 2 is 1.92 bits per heavy atom. The van der Waals surface area contributed by atoms with Crippen LogP contribution >= 0.6 is 11.6 Å². The van der Waals surface area contributed by atoms with Crippen LogP contribution in [0, 0.1) is 0 Å². The van der Waals surface area contributed by atoms with E-state index in [1.165, 1.54) is 29.4 Å². The lowest BCUT2D eigenvalue weighted by Gasteiger charge is -2.33. The number of benzene rings is 2. The molecule has 0 N–H and O–H groups in total. The van der Waals surface area contributed by atoms with Crippen molar-refractivity contribution in [3.8, 4) is 0 Å². The molecule has 1 unspecified atom stereocenters. The monoisotopic (exact) mass is 363 g/mol. The molecule has 2 aromatic carbocycles. The average Bonchev–Trinajstić information content (AvgIpc) is 2.55. The topological polar surface area (TPSA) is 54.5 Å². The van der Waals surface area contributed by atoms with E-state index < -0.39 is 10.0 Å². The van der Waals surface area contributed by atoms with Gasteiger partial charge in [-0.05, 0) is 49.1 Å². The summed E-state index contributed by atoms with van der Waals surface area (Å²) >= 11 is 6.14. The van der Waals surface area contributed by atoms with Gasteiger partial charge in [0.05, 0.1) is 10.7 Å². The van der Waals surface area contributed by atoms with Gasteiger partial charge in [-0.1, -0.05) is 36.7 Å². The minimum absolute atomic E-state index is 0.0266. The molecule has 0 spiro atoms. The number of anilines is 1. The second-order valence-electron chi connectivity index (χ2n) is 6.03. The Hall–Kier alpha value is -1.85. The van der Waals surface area contributed by atoms with Crippen LogP contribution in [0.5, 0.6) is 0 Å². The summed E-state index contributed by atoms with van der Waals surface area (Å²) in [4.78, 5) is 11.6. The first-order chi connectivity index (χ1) is 11.3. The lowest BCUT2D eigenvalue weighted by Crippen LogP contribution is -2.36. The van der Waals surface area contributed by atoms with Crippen molar-refractivity contribution in [2.24, 2.45) is 0 Å². The summed E-state index contributed by atoms with van der Waals surface area (Å²) in [6.07, 6.45) is 0.736. The number of nitrogens with zero attached hydrogens (tertiary/aromatic N) is 1. The van der Waals surface area contributed by atoms with E-state index in [1.807, 2.05) is 24.3 Å². The van der Waals surface area contributed by atoms with Crippen LogP contribution in [-0.2, 0) is 10.0 Å². The van der Waals surface area contributed by atoms with Crippen LogP contribution in [0.2, 0.25) is 5.02 Å². The maximum atomic E-state index is 13.2. The summed E-state index contributed by atoms with van der Waals surface area (Å²) in [5.74, 6) is 0.0995. The number of fused-ring (bicyclic) bond motifs is 1. The Labute approximate surface area is 147 Å². The van der Waals surface area contributed by atoms with Crippen LogP contribution in [0.3, 0.4) is 0 Å². The molecule has 4 nitrogen and oxygen atoms in total. The highest BCUT2D eigenvalue weighted by Gasteiger charge is 2.33. The highest BCUT2D eigenvalue weighted by atomic mass is 35.5. The van der Waals surface area contributed by atoms with Crippen molar-refractivity contribution in [1.29, 1.82) is 0 Å². The summed E-state index contributed by atoms with van der Waals surface area (Å²) in [6, 6.07) is 11.9. The molecule has 1 aliphatic rings. The van der Waals surface area contributed by atoms with Gasteiger partial charge in [-0.2, -0.15) is 0 Å². The van der Waals surface area contributed by atoms with E-state index >= 15 is 0 Å². The second kappa shape index (κ2) is 6.22. The first kappa shape index (κ1) is 17.0. The van der Waals surface area contributed by atoms with Crippen molar-refractivity contribution in [3.05, 3.63) is 58.6 Å². The Balaban J connectivity index is 2.15. The summed E-state index contributed by atoms with van der Waals surface area (Å²) in [7, 11) is -3.84. The molecule has 0 saturated heterocycles. The number of carbonyl (C=O) groups excluding carboxylic acids is 1. The van der Waals surface area contributed by atoms with E-state index in [4.69, 9.17) is 11.6 Å². The number of para-hydroxylation sites is 1. The third-order valence-electron chi connectivity index (χ3n) is 4.41. The molecule has 1 atom stereocenters. The molecule has 2 aromatic rings. The molecule has 1 heterocycles. The first-order valence-corrected chi connectivity index (χ1v) is 9.56. The molecule has 3 rings (SSSR count). The van der Waals surface area contributed by atoms with E-state index in [2.05, 4.69) is 6.92 Å². The third kappa shape index (κ3) is 2.82. The lowest BCUT2D eigenvalue weighted by atomic mass is 9.93. The number of ketones is 1. The Bertz CT molecular complexity index is 908. The van der Waals surface area contributed by atoms with Gasteiger partial charge in [0.25, 0.3) is 10.0 Å². The SMILES string of the molecule is CC(=O)c1ccc(Cl)c(S(=O)(=O)N2CCC(C)c3ccccc32)c1. The molecular weight excluding hydrogens is 346 g/mol. The largest absolute Gasteiger partial charge is 0.295 e. The Morgan fingerprint density at radius 1 is 1.21 bits per heavy atom. The van der Waals surface area contributed by atoms with Crippen molar-refractivity contribution in [2.45, 2.75) is 31.1 Å². The molecular formula is C18H18ClNO3S. The number of rotatable bonds is 3. The fourth-order valence-corrected chi connectivity index (χ4v) is 5.02. The van der Waals surface area contributed by atoms with Crippen molar-refractivity contribution in [2.75, 3.05) is 10.8 Å². The molecule has 0 bridgehead atoms. The number of hydrogen-bond donors (Lipinski definition) is 0. The van der Waals surface area contributed by atoms with E-state index in [-0.39, 0.29) is 15.7 Å². The molecule has 0 radical (unpaired) electrons. The maximum absolute atomic E-state index is 13.2. The van der Waals surface area contributed by atoms with Crippen LogP contribution in [0.4, 0.5) is 5.69 Å². The standard InChI is InChI=1S/C18H18ClNO3S/c1-12-9-10-20(17-6-4-3-5-15(12)17)24(22,23)18-11-14(13(2)21)7-8-16(18)19/h3-8,11-12H,9-10H2,1-2H3. The fraction of sp³-hybridized carbons (Fsp3) is 0.278. The predicted octanol–water partition coefficient (Wildman–Crippen LogP) is 4.25. The van der Waals surface area contributed by atoms with E-state index in [0.29, 0.717) is 23.7 Å². The summed E-state index contributed by atoms with van der Waals surface area (Å²) in [5, 5.41) is 0.121. The lowest BCUT2D eigenvalue weighted by molar-refractivity contribution is 0.101. The molecule has 1 aliphatic heterocycles. The highest BCUT2D eigenvalue weighted by Crippen LogP contribution is 2.39. The summed E-state index contributed by atoms with van der Waals surface area (Å²) in [5.41, 5.74) is 2.02. The molecule has 0 saturated carbocycles. The number of Topliss-reactive ketones (excluding diaryl/α,β-unsaturated/α-hetero) is 1. The molecule has 6 heteroatoms. The van der Waals surface area contributed by atoms with Crippen LogP contribution in [0.15, 0.2) is 47.4 Å². The number of sulfonamides is 1. The summed E-state index contributed by atoms with van der Waals surface area (Å²) < 4.78 is 27.8. The van der Waals surface area contributed by atoms with Crippen LogP contribution < -0.4 is 4.31 Å². The number of hydrogen-bond acceptors (Lipinski definition) is 3. The zero-order valence-corrected chi connectivity index (χ0v) is 15.1. The van der Waals surface area contributed by atoms with Crippen LogP contribution in [0.1, 0.15) is 42.1 Å². The zero-order valence-electron chi connectivity index (χ0n) is 13.5. The van der Waals surface area contributed by atoms with Gasteiger partial charge in [-0.25, -0.2) is 8.42 Å². The fourth-order valence-electron chi connectivity index (χ4n) is 3.01. The maximum Gasteiger partial charge on any atom is 0.265 e. The van der Waals surface area contributed by atoms with Gasteiger partial charge in [0.1, 0.15) is 4.90 Å². The van der Waals surface area contributed by atoms with Gasteiger partial charge in [0, 0.05) is 12.1 Å². The van der Waals surface area contributed by atoms with Crippen LogP contribution in [-0.4, -0.2) is 20.7 Å². The van der Waals surface area contributed by atoms with Gasteiger partial charge in [0.15, 0.2) is 5.78 Å². The van der Waals surface area contributed by atoms with Gasteiger partial charge in [-0.15, -0.1) is 0 Å². The van der Waals surface area contributed by atoms with Crippen LogP contribution in [0.25, 0.3) is 0 Å². The minimum atomic E-state index is -3.84. The number of carbonyl (C=O) groups is 1. The quantitative estimate of drug-likeness (QED) is 0.766. The minimum Gasteiger partial charge on any atom is -0.295 e. The zero-order chi connectivity index (χ0) is 17.5. The average molecular weight is 364 g/mol. The molecule has 24 heavy (non-hydrogen) atoms. The highest BCUT2D eigenvalue weighted by molar-refractivity contribution is 7.93. The van der Waals surface area contributed by atoms with E-state index in [1.54, 1.807) is 0 Å². The summed E-state index contributed by atoms with van der Waals surface area (Å²) in [6.45, 7) is 3.88. The first-order valence-electron chi connectivity index (χ1n) is 7.74. The van der Waals surface area contributed by atoms with Gasteiger partial charge < -0.3 is 0 Å². The van der Waals surface area contributed by atoms with Gasteiger partial charge in [-0.3, -0.25) is 9.10 Å². The second-order valence-corrected chi connectivity index (χ2v) is 8.27. The van der Waals surface area contributed by atoms with Crippen molar-refractivity contribution in [3.63, 3.8) is 0 Å². The molecule has 0 amide bonds. The van der Waals surface area contributed by atoms with E-state index in [0.717, 1.165) is 12.0 Å². The van der Waals surface area contributed by atoms with Crippen molar-refractivity contribution < 1.29 is 13.2 Å². The molecule has 0 aliphatic carbocycles. The van der Waals surface area contributed by atoms with Crippen molar-refractivity contribution >= 4 is 33.1 Å². The molecule has 0 fully saturated rings. The Morgan fingerprint density at radius 3 is 2.62 bits per heavy atom. The van der Waals surface area contributed by atoms with E-state index in [9.17, 15) is 13.2 Å². The normalized spacial score (nSPS) is 17.5. The van der Waals surface area contributed by atoms with Gasteiger partial charge >= 0.3 is 0 Å². The number of halogens is 1. The third-order valence-corrected chi connectivity index (χ3v) is 6.70. The molecule has 0 aromatic heterocycles. The smallest absolute Gasteiger partial charge is 0.265 e. The van der Waals surface area contributed by atoms with Gasteiger partial charge in [0.2, 0.25) is 0 Å². The molecule has 126 valence electrons. The van der Waals surface area contributed by atoms with Crippen molar-refractivity contribution in [1.82, 2.24) is 0 Å². The Kier molecular flexibility index (Phi) is 4.40.